The van der Waals surface area contributed by atoms with E-state index in [2.05, 4.69) is 49.1 Å². The first-order chi connectivity index (χ1) is 13.8. The second-order valence-electron chi connectivity index (χ2n) is 9.19. The number of nitrogens with zero attached hydrogens (tertiary/aromatic N) is 2. The minimum atomic E-state index is 0.407. The second-order valence-corrected chi connectivity index (χ2v) is 9.19. The van der Waals surface area contributed by atoms with Gasteiger partial charge in [-0.25, -0.2) is 0 Å². The van der Waals surface area contributed by atoms with Crippen molar-refractivity contribution in [1.29, 1.82) is 0 Å². The van der Waals surface area contributed by atoms with Crippen molar-refractivity contribution in [2.75, 3.05) is 4.90 Å². The Balaban J connectivity index is 1.55. The normalized spacial score (nSPS) is 21.3. The molecule has 0 unspecified atom stereocenters. The average molecular weight is 379 g/mol. The van der Waals surface area contributed by atoms with Gasteiger partial charge >= 0.3 is 0 Å². The van der Waals surface area contributed by atoms with Crippen LogP contribution >= 0.6 is 0 Å². The fraction of sp³-hybridized carbons (Fsp3) is 0.654. The molecule has 2 aliphatic rings. The lowest BCUT2D eigenvalue weighted by Gasteiger charge is -2.41. The molecule has 28 heavy (non-hydrogen) atoms. The van der Waals surface area contributed by atoms with Crippen molar-refractivity contribution < 1.29 is 0 Å². The number of rotatable bonds is 7. The van der Waals surface area contributed by atoms with Crippen LogP contribution in [0.25, 0.3) is 0 Å². The summed E-state index contributed by atoms with van der Waals surface area (Å²) < 4.78 is 0. The summed E-state index contributed by atoms with van der Waals surface area (Å²) in [7, 11) is 0. The molecule has 0 spiro atoms. The van der Waals surface area contributed by atoms with E-state index in [4.69, 9.17) is 4.99 Å². The van der Waals surface area contributed by atoms with Gasteiger partial charge in [-0.2, -0.15) is 0 Å². The smallest absolute Gasteiger partial charge is 0.0865 e. The maximum absolute atomic E-state index is 5.28. The van der Waals surface area contributed by atoms with Crippen LogP contribution in [0.5, 0.6) is 0 Å². The molecule has 2 heteroatoms. The highest BCUT2D eigenvalue weighted by Gasteiger charge is 2.34. The fourth-order valence-electron chi connectivity index (χ4n) is 5.46. The Morgan fingerprint density at radius 3 is 2.00 bits per heavy atom. The lowest BCUT2D eigenvalue weighted by Crippen LogP contribution is -2.45. The maximum atomic E-state index is 5.28. The summed E-state index contributed by atoms with van der Waals surface area (Å²) in [4.78, 5) is 8.15. The molecule has 0 N–H and O–H groups in total. The van der Waals surface area contributed by atoms with E-state index in [1.807, 2.05) is 0 Å². The summed E-state index contributed by atoms with van der Waals surface area (Å²) in [6.07, 6.45) is 16.3. The first kappa shape index (κ1) is 19.7. The van der Waals surface area contributed by atoms with Crippen molar-refractivity contribution in [3.05, 3.63) is 46.8 Å². The first-order valence-corrected chi connectivity index (χ1v) is 11.9. The Labute approximate surface area is 171 Å². The van der Waals surface area contributed by atoms with E-state index in [0.29, 0.717) is 6.04 Å². The standard InChI is InChI=1S/C26H38N2/c1-3-22(19-21-13-7-4-8-14-21)27-25-20(2)26(25)28(23-15-9-5-10-16-23)24-17-11-6-12-18-24/h4,7-8,13-14,22-24H,3,5-6,9-12,15-19H2,1-2H3/b27-25-/t22-/m1/s1. The van der Waals surface area contributed by atoms with Gasteiger partial charge < -0.3 is 4.90 Å². The average Bonchev–Trinajstić information content (AvgIpc) is 3.38. The third kappa shape index (κ3) is 4.53. The topological polar surface area (TPSA) is 15.6 Å². The van der Waals surface area contributed by atoms with Crippen LogP contribution in [0.4, 0.5) is 5.69 Å². The van der Waals surface area contributed by atoms with Crippen molar-refractivity contribution in [1.82, 2.24) is 0 Å². The van der Waals surface area contributed by atoms with E-state index < -0.39 is 0 Å². The summed E-state index contributed by atoms with van der Waals surface area (Å²) in [5.41, 5.74) is 4.45. The largest absolute Gasteiger partial charge is 0.364 e. The third-order valence-electron chi connectivity index (χ3n) is 7.16. The molecule has 2 nitrogen and oxygen atoms in total. The van der Waals surface area contributed by atoms with Gasteiger partial charge in [0.2, 0.25) is 0 Å². The summed E-state index contributed by atoms with van der Waals surface area (Å²) in [6.45, 7) is 4.61. The van der Waals surface area contributed by atoms with Crippen LogP contribution < -0.4 is 10.3 Å². The van der Waals surface area contributed by atoms with Crippen molar-refractivity contribution in [2.45, 2.75) is 109 Å². The Bertz CT molecular complexity index is 723. The molecule has 2 fully saturated rings. The van der Waals surface area contributed by atoms with E-state index in [9.17, 15) is 0 Å². The van der Waals surface area contributed by atoms with Crippen molar-refractivity contribution in [2.24, 2.45) is 4.99 Å². The van der Waals surface area contributed by atoms with Gasteiger partial charge in [0.15, 0.2) is 0 Å². The lowest BCUT2D eigenvalue weighted by atomic mass is 9.88. The molecular formula is C26H38N2. The minimum absolute atomic E-state index is 0.407. The SMILES string of the molecule is CC[C@H](Cc1ccccc1)/N=c1/c(C)c1N(C1CCCCC1)C1CCCCC1. The molecule has 1 atom stereocenters. The maximum Gasteiger partial charge on any atom is 0.0865 e. The zero-order valence-electron chi connectivity index (χ0n) is 18.0. The first-order valence-electron chi connectivity index (χ1n) is 11.9. The van der Waals surface area contributed by atoms with Crippen molar-refractivity contribution >= 4 is 5.69 Å². The highest BCUT2D eigenvalue weighted by molar-refractivity contribution is 5.66. The predicted octanol–water partition coefficient (Wildman–Crippen LogP) is 6.26. The fourth-order valence-corrected chi connectivity index (χ4v) is 5.46. The van der Waals surface area contributed by atoms with Gasteiger partial charge in [-0.1, -0.05) is 75.8 Å². The molecule has 0 aromatic heterocycles. The van der Waals surface area contributed by atoms with E-state index in [1.54, 1.807) is 5.69 Å². The van der Waals surface area contributed by atoms with Gasteiger partial charge in [0, 0.05) is 17.6 Å². The Hall–Kier alpha value is -1.57. The van der Waals surface area contributed by atoms with E-state index in [0.717, 1.165) is 24.9 Å². The molecule has 0 bridgehead atoms. The third-order valence-corrected chi connectivity index (χ3v) is 7.16. The van der Waals surface area contributed by atoms with Gasteiger partial charge in [0.25, 0.3) is 0 Å². The van der Waals surface area contributed by atoms with Gasteiger partial charge in [0.1, 0.15) is 0 Å². The highest BCUT2D eigenvalue weighted by atomic mass is 15.2. The number of anilines is 1. The summed E-state index contributed by atoms with van der Waals surface area (Å²) >= 11 is 0. The van der Waals surface area contributed by atoms with Crippen LogP contribution in [0, 0.1) is 6.92 Å². The predicted molar refractivity (Wildman–Crippen MR) is 120 cm³/mol. The molecule has 2 aliphatic carbocycles. The molecule has 152 valence electrons. The van der Waals surface area contributed by atoms with Crippen LogP contribution in [-0.2, 0) is 6.42 Å². The summed E-state index contributed by atoms with van der Waals surface area (Å²) in [6, 6.07) is 12.8. The zero-order valence-corrected chi connectivity index (χ0v) is 18.0. The lowest BCUT2D eigenvalue weighted by molar-refractivity contribution is 0.341. The molecule has 0 radical (unpaired) electrons. The molecule has 2 aromatic rings. The zero-order chi connectivity index (χ0) is 19.3. The number of hydrogen-bond donors (Lipinski definition) is 0. The number of hydrogen-bond acceptors (Lipinski definition) is 2. The van der Waals surface area contributed by atoms with Crippen LogP contribution in [0.1, 0.15) is 88.7 Å². The Kier molecular flexibility index (Phi) is 6.54. The molecule has 2 saturated carbocycles. The number of benzene rings is 1. The van der Waals surface area contributed by atoms with E-state index >= 15 is 0 Å². The highest BCUT2D eigenvalue weighted by Crippen LogP contribution is 2.36. The Morgan fingerprint density at radius 2 is 1.46 bits per heavy atom. The summed E-state index contributed by atoms with van der Waals surface area (Å²) in [5, 5.41) is 1.36. The van der Waals surface area contributed by atoms with Crippen LogP contribution in [-0.4, -0.2) is 18.1 Å². The molecule has 4 rings (SSSR count). The molecule has 0 heterocycles. The molecule has 0 amide bonds. The van der Waals surface area contributed by atoms with Crippen LogP contribution in [0.2, 0.25) is 0 Å². The van der Waals surface area contributed by atoms with Gasteiger partial charge in [-0.3, -0.25) is 4.99 Å². The van der Waals surface area contributed by atoms with Gasteiger partial charge in [-0.05, 0) is 51.0 Å². The van der Waals surface area contributed by atoms with Gasteiger partial charge in [-0.15, -0.1) is 0 Å². The van der Waals surface area contributed by atoms with Crippen molar-refractivity contribution in [3.63, 3.8) is 0 Å². The molecule has 0 aliphatic heterocycles. The van der Waals surface area contributed by atoms with Crippen LogP contribution in [0.15, 0.2) is 35.3 Å². The Morgan fingerprint density at radius 1 is 0.893 bits per heavy atom. The molecular weight excluding hydrogens is 340 g/mol. The summed E-state index contributed by atoms with van der Waals surface area (Å²) in [5.74, 6) is 0. The molecule has 2 aromatic carbocycles. The minimum Gasteiger partial charge on any atom is -0.364 e. The van der Waals surface area contributed by atoms with Crippen molar-refractivity contribution in [3.8, 4) is 0 Å². The van der Waals surface area contributed by atoms with Crippen LogP contribution in [0.3, 0.4) is 0 Å². The van der Waals surface area contributed by atoms with E-state index in [-0.39, 0.29) is 0 Å². The monoisotopic (exact) mass is 378 g/mol. The second kappa shape index (κ2) is 9.29. The molecule has 0 saturated heterocycles. The van der Waals surface area contributed by atoms with Gasteiger partial charge in [0.05, 0.1) is 17.1 Å². The van der Waals surface area contributed by atoms with E-state index in [1.165, 1.54) is 80.7 Å². The quantitative estimate of drug-likeness (QED) is 0.555.